The van der Waals surface area contributed by atoms with Gasteiger partial charge in [-0.3, -0.25) is 0 Å². The van der Waals surface area contributed by atoms with Crippen LogP contribution in [0, 0.1) is 5.82 Å². The molecule has 1 unspecified atom stereocenters. The van der Waals surface area contributed by atoms with Gasteiger partial charge in [0.1, 0.15) is 10.8 Å². The van der Waals surface area contributed by atoms with Crippen molar-refractivity contribution in [2.24, 2.45) is 5.73 Å². The summed E-state index contributed by atoms with van der Waals surface area (Å²) < 4.78 is 13.8. The standard InChI is InChI=1S/C13H17FN2S/c1-2-9-5-4-8-16(9)11-7-3-6-10(14)12(11)13(15)17/h3,6-7,9H,2,4-5,8H2,1H3,(H2,15,17). The summed E-state index contributed by atoms with van der Waals surface area (Å²) in [6.07, 6.45) is 3.36. The van der Waals surface area contributed by atoms with Gasteiger partial charge in [0, 0.05) is 12.6 Å². The van der Waals surface area contributed by atoms with Gasteiger partial charge in [-0.25, -0.2) is 4.39 Å². The molecule has 1 saturated heterocycles. The molecular formula is C13H17FN2S. The van der Waals surface area contributed by atoms with Crippen LogP contribution in [0.5, 0.6) is 0 Å². The van der Waals surface area contributed by atoms with Gasteiger partial charge in [-0.2, -0.15) is 0 Å². The van der Waals surface area contributed by atoms with Crippen molar-refractivity contribution in [1.82, 2.24) is 0 Å². The Hall–Kier alpha value is -1.16. The maximum atomic E-state index is 13.8. The SMILES string of the molecule is CCC1CCCN1c1cccc(F)c1C(N)=S. The molecule has 0 bridgehead atoms. The highest BCUT2D eigenvalue weighted by atomic mass is 32.1. The zero-order valence-electron chi connectivity index (χ0n) is 9.95. The first-order valence-electron chi connectivity index (χ1n) is 6.00. The molecule has 1 aliphatic heterocycles. The maximum absolute atomic E-state index is 13.8. The molecule has 2 N–H and O–H groups in total. The van der Waals surface area contributed by atoms with Gasteiger partial charge in [0.15, 0.2) is 0 Å². The summed E-state index contributed by atoms with van der Waals surface area (Å²) in [7, 11) is 0. The smallest absolute Gasteiger partial charge is 0.135 e. The fourth-order valence-corrected chi connectivity index (χ4v) is 2.78. The van der Waals surface area contributed by atoms with Crippen molar-refractivity contribution in [2.45, 2.75) is 32.2 Å². The van der Waals surface area contributed by atoms with Crippen LogP contribution >= 0.6 is 12.2 Å². The second kappa shape index (κ2) is 5.00. The fourth-order valence-electron chi connectivity index (χ4n) is 2.57. The Bertz CT molecular complexity index is 433. The zero-order chi connectivity index (χ0) is 12.4. The van der Waals surface area contributed by atoms with Crippen molar-refractivity contribution in [1.29, 1.82) is 0 Å². The predicted octanol–water partition coefficient (Wildman–Crippen LogP) is 2.84. The molecule has 1 aromatic carbocycles. The first-order chi connectivity index (χ1) is 8.15. The minimum absolute atomic E-state index is 0.139. The first-order valence-corrected chi connectivity index (χ1v) is 6.41. The molecule has 2 nitrogen and oxygen atoms in total. The van der Waals surface area contributed by atoms with Crippen LogP contribution in [0.15, 0.2) is 18.2 Å². The van der Waals surface area contributed by atoms with E-state index in [9.17, 15) is 4.39 Å². The van der Waals surface area contributed by atoms with E-state index in [0.29, 0.717) is 11.6 Å². The number of rotatable bonds is 3. The third-order valence-corrected chi connectivity index (χ3v) is 3.60. The van der Waals surface area contributed by atoms with Crippen molar-refractivity contribution in [3.8, 4) is 0 Å². The molecular weight excluding hydrogens is 235 g/mol. The summed E-state index contributed by atoms with van der Waals surface area (Å²) in [6, 6.07) is 5.52. The predicted molar refractivity (Wildman–Crippen MR) is 72.9 cm³/mol. The van der Waals surface area contributed by atoms with Crippen LogP contribution in [0.3, 0.4) is 0 Å². The van der Waals surface area contributed by atoms with E-state index in [1.165, 1.54) is 6.07 Å². The lowest BCUT2D eigenvalue weighted by atomic mass is 10.1. The number of hydrogen-bond acceptors (Lipinski definition) is 2. The molecule has 1 aromatic rings. The van der Waals surface area contributed by atoms with E-state index in [4.69, 9.17) is 18.0 Å². The van der Waals surface area contributed by atoms with Gasteiger partial charge < -0.3 is 10.6 Å². The van der Waals surface area contributed by atoms with Crippen LogP contribution in [0.2, 0.25) is 0 Å². The number of thiocarbonyl (C=S) groups is 1. The lowest BCUT2D eigenvalue weighted by Gasteiger charge is -2.28. The molecule has 1 fully saturated rings. The van der Waals surface area contributed by atoms with Crippen molar-refractivity contribution in [2.75, 3.05) is 11.4 Å². The van der Waals surface area contributed by atoms with Gasteiger partial charge in [0.25, 0.3) is 0 Å². The van der Waals surface area contributed by atoms with E-state index in [0.717, 1.165) is 31.5 Å². The molecule has 1 atom stereocenters. The molecule has 0 spiro atoms. The summed E-state index contributed by atoms with van der Waals surface area (Å²) in [5.41, 5.74) is 6.88. The molecule has 0 amide bonds. The average molecular weight is 252 g/mol. The summed E-state index contributed by atoms with van der Waals surface area (Å²) >= 11 is 4.96. The van der Waals surface area contributed by atoms with E-state index in [-0.39, 0.29) is 10.8 Å². The van der Waals surface area contributed by atoms with Crippen molar-refractivity contribution in [3.63, 3.8) is 0 Å². The summed E-state index contributed by atoms with van der Waals surface area (Å²) in [5, 5.41) is 0. The molecule has 17 heavy (non-hydrogen) atoms. The highest BCUT2D eigenvalue weighted by molar-refractivity contribution is 7.80. The maximum Gasteiger partial charge on any atom is 0.135 e. The van der Waals surface area contributed by atoms with Crippen LogP contribution in [-0.2, 0) is 0 Å². The number of anilines is 1. The van der Waals surface area contributed by atoms with Gasteiger partial charge in [-0.05, 0) is 31.4 Å². The Morgan fingerprint density at radius 3 is 3.00 bits per heavy atom. The normalized spacial score (nSPS) is 19.6. The highest BCUT2D eigenvalue weighted by Crippen LogP contribution is 2.31. The van der Waals surface area contributed by atoms with Gasteiger partial charge in [-0.1, -0.05) is 25.2 Å². The first kappa shape index (κ1) is 12.3. The molecule has 4 heteroatoms. The van der Waals surface area contributed by atoms with Crippen molar-refractivity contribution in [3.05, 3.63) is 29.6 Å². The molecule has 92 valence electrons. The Morgan fingerprint density at radius 2 is 2.35 bits per heavy atom. The van der Waals surface area contributed by atoms with Gasteiger partial charge in [0.05, 0.1) is 11.3 Å². The number of benzene rings is 1. The molecule has 2 rings (SSSR count). The van der Waals surface area contributed by atoms with E-state index in [2.05, 4.69) is 11.8 Å². The zero-order valence-corrected chi connectivity index (χ0v) is 10.8. The average Bonchev–Trinajstić information content (AvgIpc) is 2.75. The quantitative estimate of drug-likeness (QED) is 0.839. The van der Waals surface area contributed by atoms with Crippen LogP contribution < -0.4 is 10.6 Å². The highest BCUT2D eigenvalue weighted by Gasteiger charge is 2.26. The molecule has 0 aliphatic carbocycles. The third kappa shape index (κ3) is 2.27. The minimum Gasteiger partial charge on any atom is -0.389 e. The fraction of sp³-hybridized carbons (Fsp3) is 0.462. The van der Waals surface area contributed by atoms with E-state index >= 15 is 0 Å². The van der Waals surface area contributed by atoms with Crippen LogP contribution in [0.1, 0.15) is 31.7 Å². The largest absolute Gasteiger partial charge is 0.389 e. The van der Waals surface area contributed by atoms with Crippen LogP contribution in [-0.4, -0.2) is 17.6 Å². The van der Waals surface area contributed by atoms with E-state index < -0.39 is 0 Å². The Morgan fingerprint density at radius 1 is 1.59 bits per heavy atom. The Balaban J connectivity index is 2.44. The number of nitrogens with zero attached hydrogens (tertiary/aromatic N) is 1. The Kier molecular flexibility index (Phi) is 3.62. The van der Waals surface area contributed by atoms with Gasteiger partial charge in [-0.15, -0.1) is 0 Å². The van der Waals surface area contributed by atoms with Crippen molar-refractivity contribution >= 4 is 22.9 Å². The van der Waals surface area contributed by atoms with Crippen LogP contribution in [0.25, 0.3) is 0 Å². The number of nitrogens with two attached hydrogens (primary N) is 1. The van der Waals surface area contributed by atoms with Crippen LogP contribution in [0.4, 0.5) is 10.1 Å². The van der Waals surface area contributed by atoms with E-state index in [1.807, 2.05) is 6.07 Å². The van der Waals surface area contributed by atoms with Crippen molar-refractivity contribution < 1.29 is 4.39 Å². The third-order valence-electron chi connectivity index (χ3n) is 3.40. The second-order valence-corrected chi connectivity index (χ2v) is 4.84. The molecule has 0 aromatic heterocycles. The number of halogens is 1. The molecule has 0 radical (unpaired) electrons. The molecule has 0 saturated carbocycles. The Labute approximate surface area is 107 Å². The summed E-state index contributed by atoms with van der Waals surface area (Å²) in [5.74, 6) is -0.322. The molecule has 1 heterocycles. The summed E-state index contributed by atoms with van der Waals surface area (Å²) in [6.45, 7) is 3.11. The lowest BCUT2D eigenvalue weighted by Crippen LogP contribution is -2.31. The number of hydrogen-bond donors (Lipinski definition) is 1. The monoisotopic (exact) mass is 252 g/mol. The molecule has 1 aliphatic rings. The second-order valence-electron chi connectivity index (χ2n) is 4.40. The van der Waals surface area contributed by atoms with Gasteiger partial charge in [0.2, 0.25) is 0 Å². The topological polar surface area (TPSA) is 29.3 Å². The van der Waals surface area contributed by atoms with E-state index in [1.54, 1.807) is 6.07 Å². The lowest BCUT2D eigenvalue weighted by molar-refractivity contribution is 0.617. The minimum atomic E-state index is -0.322. The summed E-state index contributed by atoms with van der Waals surface area (Å²) in [4.78, 5) is 2.37. The van der Waals surface area contributed by atoms with Gasteiger partial charge >= 0.3 is 0 Å².